The Hall–Kier alpha value is -0.300. The lowest BCUT2D eigenvalue weighted by molar-refractivity contribution is -0.251. The zero-order valence-electron chi connectivity index (χ0n) is 21.7. The van der Waals surface area contributed by atoms with E-state index in [2.05, 4.69) is 55.0 Å². The number of allylic oxidation sites excluding steroid dienone is 1. The summed E-state index contributed by atoms with van der Waals surface area (Å²) in [6.45, 7) is 22.6. The summed E-state index contributed by atoms with van der Waals surface area (Å²) in [5, 5.41) is 10.9. The highest BCUT2D eigenvalue weighted by atomic mass is 16.3. The second kappa shape index (κ2) is 6.64. The van der Waals surface area contributed by atoms with E-state index >= 15 is 0 Å². The summed E-state index contributed by atoms with van der Waals surface area (Å²) in [5.74, 6) is 3.88. The van der Waals surface area contributed by atoms with Gasteiger partial charge in [-0.3, -0.25) is 0 Å². The first-order chi connectivity index (χ1) is 14.3. The van der Waals surface area contributed by atoms with Gasteiger partial charge in [-0.2, -0.15) is 0 Å². The molecule has 1 N–H and O–H groups in total. The molecule has 5 rings (SSSR count). The van der Waals surface area contributed by atoms with Crippen LogP contribution in [0.4, 0.5) is 0 Å². The van der Waals surface area contributed by atoms with Gasteiger partial charge in [0.1, 0.15) is 0 Å². The highest BCUT2D eigenvalue weighted by Crippen LogP contribution is 2.76. The molecule has 176 valence electrons. The van der Waals surface area contributed by atoms with Crippen LogP contribution in [0.5, 0.6) is 0 Å². The zero-order valence-corrected chi connectivity index (χ0v) is 21.7. The fourth-order valence-corrected chi connectivity index (χ4v) is 11.4. The molecule has 5 fully saturated rings. The molecule has 1 heteroatoms. The second-order valence-electron chi connectivity index (χ2n) is 14.7. The Morgan fingerprint density at radius 3 is 2.19 bits per heavy atom. The Bertz CT molecular complexity index is 766. The largest absolute Gasteiger partial charge is 0.393 e. The number of hydrogen-bond donors (Lipinski definition) is 1. The molecule has 1 unspecified atom stereocenters. The predicted octanol–water partition coefficient (Wildman–Crippen LogP) is 8.02. The molecule has 1 nitrogen and oxygen atoms in total. The Balaban J connectivity index is 1.54. The summed E-state index contributed by atoms with van der Waals surface area (Å²) in [6, 6.07) is 0. The van der Waals surface area contributed by atoms with Crippen LogP contribution in [0.15, 0.2) is 12.2 Å². The minimum atomic E-state index is -0.119. The molecule has 0 aromatic rings. The molecule has 0 saturated heterocycles. The van der Waals surface area contributed by atoms with Gasteiger partial charge in [0, 0.05) is 0 Å². The molecule has 31 heavy (non-hydrogen) atoms. The van der Waals surface area contributed by atoms with Gasteiger partial charge in [0.25, 0.3) is 0 Å². The smallest absolute Gasteiger partial charge is 0.0594 e. The van der Waals surface area contributed by atoms with Gasteiger partial charge in [-0.25, -0.2) is 0 Å². The van der Waals surface area contributed by atoms with Crippen LogP contribution in [0.3, 0.4) is 0 Å². The van der Waals surface area contributed by atoms with Crippen molar-refractivity contribution in [3.05, 3.63) is 12.2 Å². The van der Waals surface area contributed by atoms with Crippen molar-refractivity contribution in [1.29, 1.82) is 0 Å². The summed E-state index contributed by atoms with van der Waals surface area (Å²) >= 11 is 0. The summed E-state index contributed by atoms with van der Waals surface area (Å²) in [4.78, 5) is 0. The monoisotopic (exact) mass is 426 g/mol. The van der Waals surface area contributed by atoms with E-state index < -0.39 is 0 Å². The number of rotatable bonds is 0. The van der Waals surface area contributed by atoms with Crippen LogP contribution in [-0.4, -0.2) is 11.2 Å². The van der Waals surface area contributed by atoms with Crippen molar-refractivity contribution in [2.24, 2.45) is 56.7 Å². The maximum absolute atomic E-state index is 10.9. The van der Waals surface area contributed by atoms with Gasteiger partial charge < -0.3 is 5.11 Å². The Labute approximate surface area is 192 Å². The van der Waals surface area contributed by atoms with Crippen molar-refractivity contribution in [3.63, 3.8) is 0 Å². The van der Waals surface area contributed by atoms with Gasteiger partial charge in [-0.05, 0) is 121 Å². The van der Waals surface area contributed by atoms with E-state index in [1.807, 2.05) is 0 Å². The SMILES string of the molecule is C=C1CC[C@]2(C)CC[C@]3(C)[C@H](CC[C@@H]4[C@@]5(C)CCC(O)C(C)(C)[C@@H]5CC[C@]43C)[C@@H]2[C@H]1C. The van der Waals surface area contributed by atoms with Crippen LogP contribution in [0.25, 0.3) is 0 Å². The second-order valence-corrected chi connectivity index (χ2v) is 14.7. The first-order valence-electron chi connectivity index (χ1n) is 13.7. The van der Waals surface area contributed by atoms with E-state index in [0.29, 0.717) is 33.5 Å². The van der Waals surface area contributed by atoms with Crippen LogP contribution >= 0.6 is 0 Å². The quantitative estimate of drug-likeness (QED) is 0.389. The molecular formula is C30H50O. The zero-order chi connectivity index (χ0) is 22.6. The maximum Gasteiger partial charge on any atom is 0.0594 e. The molecule has 0 radical (unpaired) electrons. The molecule has 5 aliphatic carbocycles. The average molecular weight is 427 g/mol. The molecular weight excluding hydrogens is 376 g/mol. The molecule has 0 bridgehead atoms. The standard InChI is InChI=1S/C30H50O/c1-19-11-14-27(5)17-18-29(7)21(25(27)20(19)2)9-10-23-28(6)15-13-24(31)26(3,4)22(28)12-16-30(23,29)8/h20-25,31H,1,9-18H2,2-8H3/t20-,21+,22-,23+,24?,25-,27+,28-,29+,30+/m0/s1. The van der Waals surface area contributed by atoms with Gasteiger partial charge in [0.05, 0.1) is 6.10 Å². The number of hydrogen-bond acceptors (Lipinski definition) is 1. The van der Waals surface area contributed by atoms with Gasteiger partial charge in [0.15, 0.2) is 0 Å². The lowest BCUT2D eigenvalue weighted by Crippen LogP contribution is -2.67. The highest BCUT2D eigenvalue weighted by Gasteiger charge is 2.69. The first-order valence-corrected chi connectivity index (χ1v) is 13.7. The molecule has 0 spiro atoms. The van der Waals surface area contributed by atoms with E-state index in [-0.39, 0.29) is 11.5 Å². The maximum atomic E-state index is 10.9. The Kier molecular flexibility index (Phi) is 4.82. The first kappa shape index (κ1) is 22.5. The Morgan fingerprint density at radius 1 is 0.774 bits per heavy atom. The van der Waals surface area contributed by atoms with E-state index in [1.165, 1.54) is 63.4 Å². The van der Waals surface area contributed by atoms with E-state index in [1.54, 1.807) is 0 Å². The molecule has 0 aliphatic heterocycles. The third-order valence-corrected chi connectivity index (χ3v) is 13.6. The van der Waals surface area contributed by atoms with E-state index in [9.17, 15) is 5.11 Å². The summed E-state index contributed by atoms with van der Waals surface area (Å²) in [5.41, 5.74) is 3.43. The van der Waals surface area contributed by atoms with Crippen molar-refractivity contribution in [1.82, 2.24) is 0 Å². The van der Waals surface area contributed by atoms with Crippen molar-refractivity contribution < 1.29 is 5.11 Å². The fourth-order valence-electron chi connectivity index (χ4n) is 11.4. The third-order valence-electron chi connectivity index (χ3n) is 13.6. The number of aliphatic hydroxyl groups excluding tert-OH is 1. The van der Waals surface area contributed by atoms with Crippen LogP contribution < -0.4 is 0 Å². The molecule has 0 amide bonds. The molecule has 5 saturated carbocycles. The highest BCUT2D eigenvalue weighted by molar-refractivity contribution is 5.21. The average Bonchev–Trinajstić information content (AvgIpc) is 2.69. The molecule has 0 aromatic heterocycles. The lowest BCUT2D eigenvalue weighted by atomic mass is 9.31. The van der Waals surface area contributed by atoms with Crippen LogP contribution in [0, 0.1) is 56.7 Å². The third kappa shape index (κ3) is 2.65. The topological polar surface area (TPSA) is 20.2 Å². The lowest BCUT2D eigenvalue weighted by Gasteiger charge is -2.73. The molecule has 5 aliphatic rings. The molecule has 0 aromatic carbocycles. The van der Waals surface area contributed by atoms with E-state index in [4.69, 9.17) is 0 Å². The van der Waals surface area contributed by atoms with Crippen LogP contribution in [0.2, 0.25) is 0 Å². The fraction of sp³-hybridized carbons (Fsp3) is 0.933. The van der Waals surface area contributed by atoms with Gasteiger partial charge in [-0.1, -0.05) is 60.6 Å². The summed E-state index contributed by atoms with van der Waals surface area (Å²) in [7, 11) is 0. The molecule has 10 atom stereocenters. The normalized spacial score (nSPS) is 58.5. The summed E-state index contributed by atoms with van der Waals surface area (Å²) < 4.78 is 0. The minimum absolute atomic E-state index is 0.0623. The van der Waals surface area contributed by atoms with Crippen molar-refractivity contribution in [2.45, 2.75) is 119 Å². The van der Waals surface area contributed by atoms with Crippen LogP contribution in [-0.2, 0) is 0 Å². The summed E-state index contributed by atoms with van der Waals surface area (Å²) in [6.07, 6.45) is 13.2. The number of fused-ring (bicyclic) bond motifs is 7. The van der Waals surface area contributed by atoms with Crippen molar-refractivity contribution in [3.8, 4) is 0 Å². The van der Waals surface area contributed by atoms with Crippen molar-refractivity contribution in [2.75, 3.05) is 0 Å². The van der Waals surface area contributed by atoms with Crippen LogP contribution in [0.1, 0.15) is 113 Å². The van der Waals surface area contributed by atoms with Gasteiger partial charge >= 0.3 is 0 Å². The molecule has 0 heterocycles. The van der Waals surface area contributed by atoms with Gasteiger partial charge in [-0.15, -0.1) is 0 Å². The number of aliphatic hydroxyl groups is 1. The predicted molar refractivity (Wildman–Crippen MR) is 131 cm³/mol. The van der Waals surface area contributed by atoms with Crippen molar-refractivity contribution >= 4 is 0 Å². The van der Waals surface area contributed by atoms with Gasteiger partial charge in [0.2, 0.25) is 0 Å². The Morgan fingerprint density at radius 2 is 1.48 bits per heavy atom. The van der Waals surface area contributed by atoms with E-state index in [0.717, 1.165) is 24.2 Å². The minimum Gasteiger partial charge on any atom is -0.393 e.